The highest BCUT2D eigenvalue weighted by molar-refractivity contribution is 5.67. The van der Waals surface area contributed by atoms with E-state index in [1.54, 1.807) is 11.8 Å². The molecule has 0 spiro atoms. The van der Waals surface area contributed by atoms with E-state index in [1.165, 1.54) is 0 Å². The van der Waals surface area contributed by atoms with Crippen molar-refractivity contribution < 1.29 is 19.7 Å². The van der Waals surface area contributed by atoms with Gasteiger partial charge >= 0.3 is 6.09 Å². The highest BCUT2D eigenvalue weighted by Crippen LogP contribution is 2.27. The minimum absolute atomic E-state index is 0.125. The Bertz CT molecular complexity index is 461. The molecule has 1 amide bonds. The van der Waals surface area contributed by atoms with Gasteiger partial charge in [-0.05, 0) is 25.3 Å². The summed E-state index contributed by atoms with van der Waals surface area (Å²) in [5.41, 5.74) is -0.208. The summed E-state index contributed by atoms with van der Waals surface area (Å²) in [5.74, 6) is -0.125. The number of nitrogens with zero attached hydrogens (tertiary/aromatic N) is 1. The van der Waals surface area contributed by atoms with Crippen LogP contribution >= 0.6 is 0 Å². The molecule has 2 atom stereocenters. The molecule has 1 aliphatic heterocycles. The quantitative estimate of drug-likeness (QED) is 0.888. The molecular weight excluding hydrogens is 270 g/mol. The molecule has 0 saturated carbocycles. The molecule has 1 saturated heterocycles. The minimum Gasteiger partial charge on any atom is -0.445 e. The molecule has 0 radical (unpaired) electrons. The fraction of sp³-hybridized carbons (Fsp3) is 0.562. The summed E-state index contributed by atoms with van der Waals surface area (Å²) in [6.07, 6.45) is 1.24. The molecule has 1 fully saturated rings. The third-order valence-corrected chi connectivity index (χ3v) is 4.08. The van der Waals surface area contributed by atoms with Gasteiger partial charge < -0.3 is 19.8 Å². The second kappa shape index (κ2) is 6.91. The first kappa shape index (κ1) is 15.8. The molecule has 21 heavy (non-hydrogen) atoms. The summed E-state index contributed by atoms with van der Waals surface area (Å²) in [6, 6.07) is 9.53. The number of ether oxygens (including phenoxy) is 1. The molecule has 2 rings (SSSR count). The van der Waals surface area contributed by atoms with E-state index in [0.29, 0.717) is 13.1 Å². The minimum atomic E-state index is -1.15. The second-order valence-corrected chi connectivity index (χ2v) is 5.84. The van der Waals surface area contributed by atoms with Gasteiger partial charge in [-0.1, -0.05) is 30.3 Å². The Morgan fingerprint density at radius 1 is 1.43 bits per heavy atom. The molecule has 5 heteroatoms. The van der Waals surface area contributed by atoms with Crippen LogP contribution in [0.2, 0.25) is 0 Å². The number of hydrogen-bond acceptors (Lipinski definition) is 4. The summed E-state index contributed by atoms with van der Waals surface area (Å²) in [5, 5.41) is 19.4. The van der Waals surface area contributed by atoms with Gasteiger partial charge in [0.15, 0.2) is 0 Å². The Morgan fingerprint density at radius 2 is 2.14 bits per heavy atom. The van der Waals surface area contributed by atoms with E-state index in [9.17, 15) is 15.0 Å². The predicted octanol–water partition coefficient (Wildman–Crippen LogP) is 1.78. The van der Waals surface area contributed by atoms with Crippen LogP contribution < -0.4 is 0 Å². The molecule has 0 aromatic heterocycles. The first-order valence-electron chi connectivity index (χ1n) is 7.32. The Balaban J connectivity index is 1.87. The second-order valence-electron chi connectivity index (χ2n) is 5.84. The number of carbonyl (C=O) groups is 1. The number of hydrogen-bond donors (Lipinski definition) is 2. The standard InChI is InChI=1S/C16H23NO4/c1-16(20,12-18)14-8-5-9-17(10-14)15(19)21-11-13-6-3-2-4-7-13/h2-4,6-7,14,18,20H,5,8-12H2,1H3. The van der Waals surface area contributed by atoms with Crippen molar-refractivity contribution in [2.45, 2.75) is 32.0 Å². The van der Waals surface area contributed by atoms with Crippen LogP contribution in [0.25, 0.3) is 0 Å². The highest BCUT2D eigenvalue weighted by atomic mass is 16.6. The first-order valence-corrected chi connectivity index (χ1v) is 7.32. The van der Waals surface area contributed by atoms with Gasteiger partial charge in [-0.15, -0.1) is 0 Å². The van der Waals surface area contributed by atoms with Crippen molar-refractivity contribution in [3.63, 3.8) is 0 Å². The van der Waals surface area contributed by atoms with Gasteiger partial charge in [-0.3, -0.25) is 0 Å². The van der Waals surface area contributed by atoms with E-state index in [-0.39, 0.29) is 25.2 Å². The van der Waals surface area contributed by atoms with Gasteiger partial charge in [-0.25, -0.2) is 4.79 Å². The number of amides is 1. The van der Waals surface area contributed by atoms with Crippen LogP contribution in [0.1, 0.15) is 25.3 Å². The zero-order chi connectivity index (χ0) is 15.3. The lowest BCUT2D eigenvalue weighted by Gasteiger charge is -2.39. The topological polar surface area (TPSA) is 70.0 Å². The maximum absolute atomic E-state index is 12.1. The van der Waals surface area contributed by atoms with E-state index < -0.39 is 5.60 Å². The van der Waals surface area contributed by atoms with Crippen molar-refractivity contribution in [3.8, 4) is 0 Å². The predicted molar refractivity (Wildman–Crippen MR) is 78.6 cm³/mol. The van der Waals surface area contributed by atoms with Crippen molar-refractivity contribution in [2.24, 2.45) is 5.92 Å². The van der Waals surface area contributed by atoms with E-state index in [0.717, 1.165) is 18.4 Å². The summed E-state index contributed by atoms with van der Waals surface area (Å²) < 4.78 is 5.31. The molecule has 1 aliphatic rings. The van der Waals surface area contributed by atoms with Gasteiger partial charge in [-0.2, -0.15) is 0 Å². The number of piperidine rings is 1. The van der Waals surface area contributed by atoms with Gasteiger partial charge in [0.25, 0.3) is 0 Å². The largest absolute Gasteiger partial charge is 0.445 e. The Hall–Kier alpha value is -1.59. The van der Waals surface area contributed by atoms with Crippen molar-refractivity contribution in [2.75, 3.05) is 19.7 Å². The number of carbonyl (C=O) groups excluding carboxylic acids is 1. The molecule has 1 heterocycles. The zero-order valence-electron chi connectivity index (χ0n) is 12.4. The summed E-state index contributed by atoms with van der Waals surface area (Å²) in [4.78, 5) is 13.7. The Morgan fingerprint density at radius 3 is 2.81 bits per heavy atom. The fourth-order valence-corrected chi connectivity index (χ4v) is 2.59. The maximum atomic E-state index is 12.1. The molecule has 1 aromatic rings. The lowest BCUT2D eigenvalue weighted by molar-refractivity contribution is -0.0671. The van der Waals surface area contributed by atoms with Gasteiger partial charge in [0.2, 0.25) is 0 Å². The third-order valence-electron chi connectivity index (χ3n) is 4.08. The molecule has 116 valence electrons. The highest BCUT2D eigenvalue weighted by Gasteiger charge is 2.36. The summed E-state index contributed by atoms with van der Waals surface area (Å²) >= 11 is 0. The van der Waals surface area contributed by atoms with Gasteiger partial charge in [0.05, 0.1) is 12.2 Å². The normalized spacial score (nSPS) is 21.7. The number of aliphatic hydroxyl groups excluding tert-OH is 1. The van der Waals surface area contributed by atoms with E-state index >= 15 is 0 Å². The van der Waals surface area contributed by atoms with Crippen LogP contribution in [0.5, 0.6) is 0 Å². The van der Waals surface area contributed by atoms with Crippen LogP contribution in [0, 0.1) is 5.92 Å². The smallest absolute Gasteiger partial charge is 0.410 e. The maximum Gasteiger partial charge on any atom is 0.410 e. The number of likely N-dealkylation sites (tertiary alicyclic amines) is 1. The Kier molecular flexibility index (Phi) is 5.20. The van der Waals surface area contributed by atoms with Crippen LogP contribution in [0.15, 0.2) is 30.3 Å². The first-order chi connectivity index (χ1) is 10.0. The zero-order valence-corrected chi connectivity index (χ0v) is 12.4. The number of rotatable bonds is 4. The monoisotopic (exact) mass is 293 g/mol. The van der Waals surface area contributed by atoms with Crippen LogP contribution in [-0.2, 0) is 11.3 Å². The van der Waals surface area contributed by atoms with Crippen LogP contribution in [0.4, 0.5) is 4.79 Å². The lowest BCUT2D eigenvalue weighted by atomic mass is 9.83. The summed E-state index contributed by atoms with van der Waals surface area (Å²) in [7, 11) is 0. The molecular formula is C16H23NO4. The molecule has 2 N–H and O–H groups in total. The van der Waals surface area contributed by atoms with Crippen LogP contribution in [0.3, 0.4) is 0 Å². The van der Waals surface area contributed by atoms with E-state index in [1.807, 2.05) is 30.3 Å². The van der Waals surface area contributed by atoms with Crippen LogP contribution in [-0.4, -0.2) is 46.5 Å². The van der Waals surface area contributed by atoms with Crippen molar-refractivity contribution in [1.29, 1.82) is 0 Å². The fourth-order valence-electron chi connectivity index (χ4n) is 2.59. The number of aliphatic hydroxyl groups is 2. The Labute approximate surface area is 125 Å². The molecule has 1 aromatic carbocycles. The van der Waals surface area contributed by atoms with E-state index in [4.69, 9.17) is 4.74 Å². The molecule has 0 bridgehead atoms. The van der Waals surface area contributed by atoms with Gasteiger partial charge in [0, 0.05) is 19.0 Å². The molecule has 0 aliphatic carbocycles. The SMILES string of the molecule is CC(O)(CO)C1CCCN(C(=O)OCc2ccccc2)C1. The van der Waals surface area contributed by atoms with Crippen molar-refractivity contribution in [3.05, 3.63) is 35.9 Å². The molecule has 2 unspecified atom stereocenters. The summed E-state index contributed by atoms with van der Waals surface area (Å²) in [6.45, 7) is 2.60. The third kappa shape index (κ3) is 4.19. The van der Waals surface area contributed by atoms with Crippen molar-refractivity contribution in [1.82, 2.24) is 4.90 Å². The molecule has 5 nitrogen and oxygen atoms in total. The van der Waals surface area contributed by atoms with E-state index in [2.05, 4.69) is 0 Å². The number of benzene rings is 1. The average molecular weight is 293 g/mol. The van der Waals surface area contributed by atoms with Crippen molar-refractivity contribution >= 4 is 6.09 Å². The average Bonchev–Trinajstić information content (AvgIpc) is 2.53. The van der Waals surface area contributed by atoms with Gasteiger partial charge in [0.1, 0.15) is 6.61 Å². The lowest BCUT2D eigenvalue weighted by Crippen LogP contribution is -2.49.